The lowest BCUT2D eigenvalue weighted by Gasteiger charge is -2.54. The number of aliphatic hydroxyl groups is 6. The minimum absolute atomic E-state index is 0.0449. The van der Waals surface area contributed by atoms with Crippen LogP contribution in [0.2, 0.25) is 10.0 Å². The van der Waals surface area contributed by atoms with E-state index in [1.54, 1.807) is 13.8 Å². The molecule has 684 valence electrons. The molecule has 17 rings (SSSR count). The molecule has 6 aromatic rings. The van der Waals surface area contributed by atoms with E-state index < -0.39 is 252 Å². The molecule has 2 saturated heterocycles. The summed E-state index contributed by atoms with van der Waals surface area (Å²) < 4.78 is 75.5. The predicted octanol–water partition coefficient (Wildman–Crippen LogP) is 4.94. The first-order valence-electron chi connectivity index (χ1n) is 42.4. The summed E-state index contributed by atoms with van der Waals surface area (Å²) in [6, 6.07) is 4.23. The molecule has 6 fully saturated rings. The molecular weight excluding hydrogens is 1720 g/mol. The maximum absolute atomic E-state index is 16.7. The SMILES string of the molecule is CCCCCCOc1ccc(S(=O)(=O)NC(=O)C[C@@H]2NC(=O)[C@H](NC(=O)[C@@H](CC(C)C)NC)[C@H](O)c3ccc(c(Cl)c3)Oc3cc4cc(c3O[C@@H]3O[C@H](CO)[C@@H](O)[C@H](O)[C@H]3O[C@H]3C[C@](C)(N)[C@H](O)[C@H](C)O3)Oc3ccc(cc3Cl)[C@@H](O)[C@@H]3NC(=O)[C@H](NC(=O)[C@@H]4NC2=O)c2ccc(O)c(c2)-c2c(O)cc(O)cc2[C@@H](C(=O)NC2C4CC5CC(C4)CC2C5)NC3=O)cc1. The van der Waals surface area contributed by atoms with Crippen molar-refractivity contribution in [3.8, 4) is 62.9 Å². The van der Waals surface area contributed by atoms with Gasteiger partial charge in [0.1, 0.15) is 101 Å². The Morgan fingerprint density at radius 1 is 0.669 bits per heavy atom. The van der Waals surface area contributed by atoms with Crippen molar-refractivity contribution in [2.75, 3.05) is 20.3 Å². The molecule has 7 heterocycles. The van der Waals surface area contributed by atoms with Gasteiger partial charge in [0.2, 0.25) is 59.3 Å². The number of hydrogen-bond acceptors (Lipinski definition) is 28. The van der Waals surface area contributed by atoms with Gasteiger partial charge in [0.15, 0.2) is 23.9 Å². The molecule has 127 heavy (non-hydrogen) atoms. The molecule has 11 aliphatic rings. The molecule has 18 atom stereocenters. The fourth-order valence-electron chi connectivity index (χ4n) is 18.6. The molecule has 36 nitrogen and oxygen atoms in total. The van der Waals surface area contributed by atoms with Crippen molar-refractivity contribution in [1.82, 2.24) is 47.3 Å². The van der Waals surface area contributed by atoms with Crippen molar-refractivity contribution in [3.63, 3.8) is 0 Å². The van der Waals surface area contributed by atoms with Gasteiger partial charge >= 0.3 is 0 Å². The lowest BCUT2D eigenvalue weighted by molar-refractivity contribution is -0.333. The number of phenols is 3. The second-order valence-corrected chi connectivity index (χ2v) is 37.3. The third-order valence-corrected chi connectivity index (χ3v) is 26.9. The van der Waals surface area contributed by atoms with Gasteiger partial charge < -0.3 is 127 Å². The first-order valence-corrected chi connectivity index (χ1v) is 44.6. The first-order chi connectivity index (χ1) is 60.4. The summed E-state index contributed by atoms with van der Waals surface area (Å²) in [5.41, 5.74) is 2.74. The average Bonchev–Trinajstić information content (AvgIpc) is 0.761. The van der Waals surface area contributed by atoms with Crippen LogP contribution in [-0.4, -0.2) is 207 Å². The highest BCUT2D eigenvalue weighted by Crippen LogP contribution is 2.55. The first kappa shape index (κ1) is 92.9. The zero-order valence-electron chi connectivity index (χ0n) is 70.2. The van der Waals surface area contributed by atoms with Gasteiger partial charge in [0.25, 0.3) is 10.0 Å². The van der Waals surface area contributed by atoms with Crippen LogP contribution in [0.1, 0.15) is 170 Å². The smallest absolute Gasteiger partial charge is 0.264 e. The number of aliphatic hydroxyl groups excluding tert-OH is 6. The van der Waals surface area contributed by atoms with Gasteiger partial charge in [-0.3, -0.25) is 38.4 Å². The summed E-state index contributed by atoms with van der Waals surface area (Å²) in [5, 5.41) is 128. The third-order valence-electron chi connectivity index (χ3n) is 25.0. The van der Waals surface area contributed by atoms with Crippen LogP contribution in [0, 0.1) is 29.6 Å². The normalized spacial score (nSPS) is 30.2. The largest absolute Gasteiger partial charge is 0.508 e. The number of rotatable bonds is 22. The minimum atomic E-state index is -4.92. The van der Waals surface area contributed by atoms with E-state index in [9.17, 15) is 64.0 Å². The molecule has 0 aromatic heterocycles. The zero-order valence-corrected chi connectivity index (χ0v) is 72.5. The number of carbonyl (C=O) groups is 8. The Morgan fingerprint density at radius 3 is 1.91 bits per heavy atom. The minimum Gasteiger partial charge on any atom is -0.508 e. The van der Waals surface area contributed by atoms with Gasteiger partial charge in [-0.05, 0) is 202 Å². The van der Waals surface area contributed by atoms with Crippen molar-refractivity contribution in [2.24, 2.45) is 35.3 Å². The van der Waals surface area contributed by atoms with Gasteiger partial charge in [-0.15, -0.1) is 0 Å². The molecular formula is C88H106Cl2N10O26S. The molecule has 8 amide bonds. The van der Waals surface area contributed by atoms with E-state index in [2.05, 4.69) is 42.5 Å². The van der Waals surface area contributed by atoms with Crippen molar-refractivity contribution >= 4 is 80.5 Å². The molecule has 15 bridgehead atoms. The second-order valence-electron chi connectivity index (χ2n) is 34.8. The second kappa shape index (κ2) is 38.6. The molecule has 4 aliphatic carbocycles. The average molecular weight is 1820 g/mol. The Balaban J connectivity index is 0.959. The van der Waals surface area contributed by atoms with E-state index in [4.69, 9.17) is 62.1 Å². The lowest BCUT2D eigenvalue weighted by atomic mass is 9.54. The monoisotopic (exact) mass is 1820 g/mol. The summed E-state index contributed by atoms with van der Waals surface area (Å²) in [5.74, 6) is -14.2. The molecule has 0 unspecified atom stereocenters. The van der Waals surface area contributed by atoms with Crippen LogP contribution < -0.4 is 71.9 Å². The standard InChI is InChI=1S/C88H106Cl2N10O26S/c1-7-8-9-10-21-120-49-14-16-50(17-15-49)127(118,119)100-64(105)35-56-81(112)95-69-47-31-61(122-59-19-12-43(29-53(59)89)73(106)71(85(116)93-56)98-80(111)55(92-6)22-38(2)3)77(126-87-78(76(109)75(108)63(37-101)124-87)125-65-36-88(5,91)79(110)39(4)121-65)62(32-47)123-60-20-13-44(30-54(60)90)74(107)72-86(117)97-70(84(115)94-67-45-24-40-23-41(26-45)27-46(67)25-40)52-33-48(102)34-58(104)66(52)51-28-42(11-18-57(51)103)68(82(113)99-72)96-83(69)114/h11-20,28-34,38-41,45-46,55-56,63,65,67-76,78-79,87,92,101-104,106-110H,7-10,21-27,35-37,91H2,1-6H3,(H,93,116)(H,94,115)(H,95,112)(H,96,114)(H,97,117)(H,98,111)(H,99,113)(H,100,105)/t39-,40?,41?,45?,46?,55+,56-,63+,65-,67?,68+,69+,70-,71+,72-,73+,74+,75+,76-,78+,79+,87-,88-/m0/s1. The van der Waals surface area contributed by atoms with Crippen LogP contribution in [0.3, 0.4) is 0 Å². The van der Waals surface area contributed by atoms with Crippen LogP contribution in [0.4, 0.5) is 0 Å². The van der Waals surface area contributed by atoms with Gasteiger partial charge in [0.05, 0.1) is 52.8 Å². The summed E-state index contributed by atoms with van der Waals surface area (Å²) >= 11 is 14.5. The number of nitrogens with two attached hydrogens (primary N) is 1. The number of fused-ring (bicyclic) bond motifs is 15. The molecule has 20 N–H and O–H groups in total. The van der Waals surface area contributed by atoms with Gasteiger partial charge in [-0.2, -0.15) is 0 Å². The van der Waals surface area contributed by atoms with Crippen LogP contribution >= 0.6 is 23.2 Å². The highest BCUT2D eigenvalue weighted by molar-refractivity contribution is 7.90. The number of unbranched alkanes of at least 4 members (excludes halogenated alkanes) is 3. The maximum atomic E-state index is 16.7. The fourth-order valence-corrected chi connectivity index (χ4v) is 20.0. The zero-order chi connectivity index (χ0) is 91.1. The van der Waals surface area contributed by atoms with E-state index in [1.807, 2.05) is 11.6 Å². The Labute approximate surface area is 741 Å². The van der Waals surface area contributed by atoms with Gasteiger partial charge in [-0.25, -0.2) is 13.1 Å². The Bertz CT molecular complexity index is 5260. The van der Waals surface area contributed by atoms with Crippen molar-refractivity contribution < 1.29 is 126 Å². The quantitative estimate of drug-likeness (QED) is 0.0400. The Hall–Kier alpha value is -10.2. The number of carbonyl (C=O) groups excluding carboxylic acids is 8. The highest BCUT2D eigenvalue weighted by Gasteiger charge is 2.53. The molecule has 0 spiro atoms. The fraction of sp³-hybridized carbons (Fsp3) is 0.500. The summed E-state index contributed by atoms with van der Waals surface area (Å²) in [7, 11) is -3.46. The van der Waals surface area contributed by atoms with Crippen molar-refractivity contribution in [2.45, 2.75) is 232 Å². The number of benzene rings is 6. The molecule has 6 aromatic carbocycles. The number of sulfonamides is 1. The van der Waals surface area contributed by atoms with E-state index in [-0.39, 0.29) is 69.9 Å². The summed E-state index contributed by atoms with van der Waals surface area (Å²) in [6.45, 7) is 7.96. The van der Waals surface area contributed by atoms with Crippen molar-refractivity contribution in [1.29, 1.82) is 0 Å². The Morgan fingerprint density at radius 2 is 1.29 bits per heavy atom. The third kappa shape index (κ3) is 20.3. The molecule has 0 radical (unpaired) electrons. The Kier molecular flexibility index (Phi) is 28.2. The molecule has 39 heteroatoms. The molecule has 4 saturated carbocycles. The van der Waals surface area contributed by atoms with E-state index in [0.717, 1.165) is 124 Å². The topological polar surface area (TPSA) is 552 Å². The highest BCUT2D eigenvalue weighted by atomic mass is 35.5. The van der Waals surface area contributed by atoms with Crippen LogP contribution in [-0.2, 0) is 62.6 Å². The van der Waals surface area contributed by atoms with Crippen LogP contribution in [0.15, 0.2) is 108 Å². The number of aromatic hydroxyl groups is 3. The van der Waals surface area contributed by atoms with Crippen LogP contribution in [0.5, 0.6) is 51.7 Å². The van der Waals surface area contributed by atoms with E-state index in [0.29, 0.717) is 24.9 Å². The number of hydrogen-bond donors (Lipinski definition) is 19. The number of halogens is 2. The van der Waals surface area contributed by atoms with E-state index in [1.165, 1.54) is 51.2 Å². The number of ether oxygens (including phenoxy) is 7. The van der Waals surface area contributed by atoms with Crippen molar-refractivity contribution in [3.05, 3.63) is 141 Å². The number of likely N-dealkylation sites (N-methyl/N-ethyl adjacent to an activating group) is 1. The summed E-state index contributed by atoms with van der Waals surface area (Å²) in [6.07, 6.45) is -11.5. The maximum Gasteiger partial charge on any atom is 0.264 e. The number of amides is 8. The van der Waals surface area contributed by atoms with Gasteiger partial charge in [0, 0.05) is 35.2 Å². The predicted molar refractivity (Wildman–Crippen MR) is 453 cm³/mol. The molecule has 7 aliphatic heterocycles. The lowest BCUT2D eigenvalue weighted by Crippen LogP contribution is -2.64. The number of phenolic OH excluding ortho intramolecular Hbond substituents is 3. The number of nitrogens with one attached hydrogen (secondary N) is 9. The van der Waals surface area contributed by atoms with E-state index >= 15 is 28.8 Å². The van der Waals surface area contributed by atoms with Crippen LogP contribution in [0.25, 0.3) is 11.1 Å². The summed E-state index contributed by atoms with van der Waals surface area (Å²) in [4.78, 5) is 125. The van der Waals surface area contributed by atoms with Gasteiger partial charge in [-0.1, -0.05) is 81.4 Å².